The van der Waals surface area contributed by atoms with E-state index in [-0.39, 0.29) is 0 Å². The molecule has 0 bridgehead atoms. The predicted octanol–water partition coefficient (Wildman–Crippen LogP) is 3.64. The second-order valence-corrected chi connectivity index (χ2v) is 5.36. The van der Waals surface area contributed by atoms with Crippen LogP contribution in [0, 0.1) is 11.5 Å². The van der Waals surface area contributed by atoms with Gasteiger partial charge in [0.15, 0.2) is 11.4 Å². The topological polar surface area (TPSA) is 57.4 Å². The van der Waals surface area contributed by atoms with E-state index in [1.165, 1.54) is 11.8 Å². The summed E-state index contributed by atoms with van der Waals surface area (Å²) in [6.07, 6.45) is 3.68. The molecule has 0 aliphatic carbocycles. The highest BCUT2D eigenvalue weighted by molar-refractivity contribution is 9.11. The van der Waals surface area contributed by atoms with Crippen LogP contribution >= 0.6 is 43.6 Å². The maximum Gasteiger partial charge on any atom is 0.183 e. The number of amidine groups is 1. The van der Waals surface area contributed by atoms with Gasteiger partial charge in [0.25, 0.3) is 0 Å². The Kier molecular flexibility index (Phi) is 5.82. The van der Waals surface area contributed by atoms with E-state index in [9.17, 15) is 0 Å². The summed E-state index contributed by atoms with van der Waals surface area (Å²) in [5.74, 6) is 0.623. The molecule has 0 amide bonds. The average Bonchev–Trinajstić information content (AvgIpc) is 2.30. The van der Waals surface area contributed by atoms with Crippen molar-refractivity contribution >= 4 is 54.5 Å². The Labute approximate surface area is 121 Å². The summed E-state index contributed by atoms with van der Waals surface area (Å²) in [4.78, 5) is 4.33. The van der Waals surface area contributed by atoms with Gasteiger partial charge in [-0.2, -0.15) is 5.26 Å². The van der Waals surface area contributed by atoms with E-state index in [0.29, 0.717) is 16.6 Å². The van der Waals surface area contributed by atoms with Gasteiger partial charge in [-0.05, 0) is 34.3 Å². The molecule has 0 radical (unpaired) electrons. The lowest BCUT2D eigenvalue weighted by atomic mass is 10.3. The largest absolute Gasteiger partial charge is 0.494 e. The fraction of sp³-hybridized carbons (Fsp3) is 0.200. The van der Waals surface area contributed by atoms with Gasteiger partial charge in [-0.15, -0.1) is 0 Å². The van der Waals surface area contributed by atoms with Crippen LogP contribution in [0.5, 0.6) is 5.75 Å². The molecule has 1 rings (SSSR count). The van der Waals surface area contributed by atoms with Gasteiger partial charge in [0, 0.05) is 8.95 Å². The molecule has 0 fully saturated rings. The Morgan fingerprint density at radius 3 is 2.76 bits per heavy atom. The summed E-state index contributed by atoms with van der Waals surface area (Å²) in [5.41, 5.74) is 0.641. The molecule has 0 unspecified atom stereocenters. The second-order valence-electron chi connectivity index (χ2n) is 2.80. The first-order valence-electron chi connectivity index (χ1n) is 4.43. The number of halogens is 2. The molecule has 0 saturated carbocycles. The molecule has 0 spiro atoms. The first-order valence-corrected chi connectivity index (χ1v) is 7.24. The number of thioether (sulfide) groups is 1. The lowest BCUT2D eigenvalue weighted by Gasteiger charge is -2.08. The third-order valence-electron chi connectivity index (χ3n) is 1.78. The van der Waals surface area contributed by atoms with Gasteiger partial charge in [-0.25, -0.2) is 4.99 Å². The van der Waals surface area contributed by atoms with Crippen molar-refractivity contribution in [3.8, 4) is 11.9 Å². The van der Waals surface area contributed by atoms with Gasteiger partial charge in [-0.1, -0.05) is 27.7 Å². The molecule has 17 heavy (non-hydrogen) atoms. The van der Waals surface area contributed by atoms with Crippen LogP contribution in [0.15, 0.2) is 26.1 Å². The minimum Gasteiger partial charge on any atom is -0.494 e. The maximum atomic E-state index is 8.58. The third-order valence-corrected chi connectivity index (χ3v) is 3.43. The number of nitrogens with zero attached hydrogens (tertiary/aromatic N) is 2. The highest BCUT2D eigenvalue weighted by atomic mass is 79.9. The zero-order valence-electron chi connectivity index (χ0n) is 9.12. The summed E-state index contributed by atoms with van der Waals surface area (Å²) < 4.78 is 6.92. The van der Waals surface area contributed by atoms with Crippen molar-refractivity contribution in [2.24, 2.45) is 4.99 Å². The zero-order chi connectivity index (χ0) is 12.8. The normalized spacial score (nSPS) is 10.9. The van der Waals surface area contributed by atoms with Gasteiger partial charge < -0.3 is 4.74 Å². The number of nitrogens with one attached hydrogen (secondary N) is 1. The fourth-order valence-electron chi connectivity index (χ4n) is 1.08. The monoisotopic (exact) mass is 377 g/mol. The van der Waals surface area contributed by atoms with Crippen molar-refractivity contribution in [3.05, 3.63) is 21.1 Å². The lowest BCUT2D eigenvalue weighted by molar-refractivity contribution is 0.415. The van der Waals surface area contributed by atoms with E-state index in [1.807, 2.05) is 24.6 Å². The van der Waals surface area contributed by atoms with Crippen molar-refractivity contribution in [3.63, 3.8) is 0 Å². The van der Waals surface area contributed by atoms with E-state index in [1.54, 1.807) is 7.11 Å². The first kappa shape index (κ1) is 14.4. The van der Waals surface area contributed by atoms with Crippen LogP contribution in [0.25, 0.3) is 0 Å². The highest BCUT2D eigenvalue weighted by Crippen LogP contribution is 2.38. The Balaban J connectivity index is 3.25. The van der Waals surface area contributed by atoms with Crippen molar-refractivity contribution in [2.45, 2.75) is 0 Å². The highest BCUT2D eigenvalue weighted by Gasteiger charge is 2.09. The zero-order valence-corrected chi connectivity index (χ0v) is 13.1. The lowest BCUT2D eigenvalue weighted by Crippen LogP contribution is -2.12. The van der Waals surface area contributed by atoms with Crippen LogP contribution < -0.4 is 10.1 Å². The standard InChI is InChI=1S/C10H9Br2N3OS/c1-16-8-4-6(11)3-7(12)9(8)15-10(17-2)14-5-13/h3-4H,1-2H3,(H,14,15). The number of benzene rings is 1. The minimum atomic E-state index is 0.508. The molecule has 0 atom stereocenters. The van der Waals surface area contributed by atoms with Crippen molar-refractivity contribution < 1.29 is 4.74 Å². The molecule has 0 aromatic heterocycles. The molecule has 1 aromatic carbocycles. The number of hydrogen-bond acceptors (Lipinski definition) is 4. The second kappa shape index (κ2) is 6.89. The molecule has 7 heteroatoms. The predicted molar refractivity (Wildman–Crippen MR) is 77.8 cm³/mol. The van der Waals surface area contributed by atoms with E-state index in [4.69, 9.17) is 10.00 Å². The molecule has 0 aliphatic rings. The van der Waals surface area contributed by atoms with Gasteiger partial charge in [0.05, 0.1) is 7.11 Å². The Hall–Kier alpha value is -0.710. The van der Waals surface area contributed by atoms with Gasteiger partial charge in [0.1, 0.15) is 11.4 Å². The molecular formula is C10H9Br2N3OS. The van der Waals surface area contributed by atoms with E-state index in [0.717, 1.165) is 8.95 Å². The number of rotatable bonds is 2. The smallest absolute Gasteiger partial charge is 0.183 e. The number of methoxy groups -OCH3 is 1. The summed E-state index contributed by atoms with van der Waals surface area (Å²) >= 11 is 8.13. The quantitative estimate of drug-likeness (QED) is 0.369. The summed E-state index contributed by atoms with van der Waals surface area (Å²) in [5, 5.41) is 11.6. The molecule has 0 saturated heterocycles. The molecule has 1 N–H and O–H groups in total. The van der Waals surface area contributed by atoms with Gasteiger partial charge in [0.2, 0.25) is 0 Å². The molecule has 90 valence electrons. The van der Waals surface area contributed by atoms with Crippen LogP contribution in [0.3, 0.4) is 0 Å². The van der Waals surface area contributed by atoms with Crippen LogP contribution in [-0.4, -0.2) is 18.5 Å². The van der Waals surface area contributed by atoms with Gasteiger partial charge in [-0.3, -0.25) is 5.32 Å². The molecule has 4 nitrogen and oxygen atoms in total. The Morgan fingerprint density at radius 2 is 2.24 bits per heavy atom. The number of nitriles is 1. The fourth-order valence-corrected chi connectivity index (χ4v) is 2.69. The SMILES string of the molecule is COc1cc(Br)cc(Br)c1N=C(NC#N)SC. The minimum absolute atomic E-state index is 0.508. The molecular weight excluding hydrogens is 370 g/mol. The number of aliphatic imine (C=N–C) groups is 1. The summed E-state index contributed by atoms with van der Waals surface area (Å²) in [6.45, 7) is 0. The van der Waals surface area contributed by atoms with Crippen molar-refractivity contribution in [1.29, 1.82) is 5.26 Å². The maximum absolute atomic E-state index is 8.58. The average molecular weight is 379 g/mol. The molecule has 0 aliphatic heterocycles. The van der Waals surface area contributed by atoms with E-state index >= 15 is 0 Å². The number of hydrogen-bond donors (Lipinski definition) is 1. The van der Waals surface area contributed by atoms with Crippen LogP contribution in [0.2, 0.25) is 0 Å². The number of ether oxygens (including phenoxy) is 1. The van der Waals surface area contributed by atoms with E-state index in [2.05, 4.69) is 42.2 Å². The molecule has 1 aromatic rings. The first-order chi connectivity index (χ1) is 8.12. The van der Waals surface area contributed by atoms with E-state index < -0.39 is 0 Å². The van der Waals surface area contributed by atoms with Crippen LogP contribution in [0.1, 0.15) is 0 Å². The summed E-state index contributed by atoms with van der Waals surface area (Å²) in [6, 6.07) is 3.68. The van der Waals surface area contributed by atoms with Gasteiger partial charge >= 0.3 is 0 Å². The Bertz CT molecular complexity index is 485. The Morgan fingerprint density at radius 1 is 1.53 bits per heavy atom. The third kappa shape index (κ3) is 3.91. The van der Waals surface area contributed by atoms with Crippen LogP contribution in [-0.2, 0) is 0 Å². The summed E-state index contributed by atoms with van der Waals surface area (Å²) in [7, 11) is 1.57. The van der Waals surface area contributed by atoms with Crippen molar-refractivity contribution in [1.82, 2.24) is 5.32 Å². The van der Waals surface area contributed by atoms with Crippen LogP contribution in [0.4, 0.5) is 5.69 Å². The molecule has 0 heterocycles. The van der Waals surface area contributed by atoms with Crippen molar-refractivity contribution in [2.75, 3.05) is 13.4 Å².